The summed E-state index contributed by atoms with van der Waals surface area (Å²) in [5.74, 6) is 0.499. The van der Waals surface area contributed by atoms with Gasteiger partial charge < -0.3 is 5.32 Å². The average molecular weight is 280 g/mol. The van der Waals surface area contributed by atoms with E-state index >= 15 is 0 Å². The van der Waals surface area contributed by atoms with Gasteiger partial charge in [-0.1, -0.05) is 27.2 Å². The summed E-state index contributed by atoms with van der Waals surface area (Å²) in [5.41, 5.74) is 0. The number of hydrogen-bond acceptors (Lipinski definition) is 2. The van der Waals surface area contributed by atoms with Crippen LogP contribution >= 0.6 is 0 Å². The smallest absolute Gasteiger partial charge is 0.311 e. The molecule has 114 valence electrons. The first-order chi connectivity index (χ1) is 8.78. The van der Waals surface area contributed by atoms with E-state index < -0.39 is 18.6 Å². The van der Waals surface area contributed by atoms with E-state index in [9.17, 15) is 13.2 Å². The first-order valence-corrected chi connectivity index (χ1v) is 7.34. The Bertz CT molecular complexity index is 268. The van der Waals surface area contributed by atoms with Crippen LogP contribution in [0, 0.1) is 5.92 Å². The number of hydrogen-bond donors (Lipinski definition) is 1. The Kier molecular flexibility index (Phi) is 6.12. The van der Waals surface area contributed by atoms with Crippen molar-refractivity contribution in [1.82, 2.24) is 10.2 Å². The molecule has 4 unspecified atom stereocenters. The van der Waals surface area contributed by atoms with Crippen LogP contribution < -0.4 is 5.32 Å². The van der Waals surface area contributed by atoms with Gasteiger partial charge in [-0.15, -0.1) is 0 Å². The third-order valence-electron chi connectivity index (χ3n) is 4.39. The van der Waals surface area contributed by atoms with E-state index in [-0.39, 0.29) is 6.04 Å². The monoisotopic (exact) mass is 280 g/mol. The Balaban J connectivity index is 2.69. The molecule has 19 heavy (non-hydrogen) atoms. The molecule has 0 bridgehead atoms. The van der Waals surface area contributed by atoms with Crippen molar-refractivity contribution < 1.29 is 13.2 Å². The van der Waals surface area contributed by atoms with Gasteiger partial charge >= 0.3 is 6.18 Å². The summed E-state index contributed by atoms with van der Waals surface area (Å²) < 4.78 is 37.7. The highest BCUT2D eigenvalue weighted by molar-refractivity contribution is 4.90. The minimum atomic E-state index is -4.07. The second-order valence-electron chi connectivity index (χ2n) is 5.83. The molecule has 0 aliphatic carbocycles. The van der Waals surface area contributed by atoms with Crippen molar-refractivity contribution in [3.05, 3.63) is 0 Å². The van der Waals surface area contributed by atoms with Crippen molar-refractivity contribution in [2.75, 3.05) is 13.1 Å². The minimum Gasteiger partial charge on any atom is -0.311 e. The number of rotatable bonds is 5. The molecule has 0 aromatic carbocycles. The van der Waals surface area contributed by atoms with Crippen LogP contribution in [0.5, 0.6) is 0 Å². The average Bonchev–Trinajstić information content (AvgIpc) is 2.35. The molecule has 0 amide bonds. The molecule has 1 saturated heterocycles. The summed E-state index contributed by atoms with van der Waals surface area (Å²) in [5, 5.41) is 3.50. The number of nitrogens with zero attached hydrogens (tertiary/aromatic N) is 1. The highest BCUT2D eigenvalue weighted by Crippen LogP contribution is 2.27. The van der Waals surface area contributed by atoms with E-state index in [1.807, 2.05) is 6.92 Å². The Labute approximate surface area is 114 Å². The Morgan fingerprint density at radius 1 is 1.26 bits per heavy atom. The lowest BCUT2D eigenvalue weighted by atomic mass is 9.93. The highest BCUT2D eigenvalue weighted by Gasteiger charge is 2.37. The van der Waals surface area contributed by atoms with Gasteiger partial charge in [0.25, 0.3) is 0 Å². The van der Waals surface area contributed by atoms with Crippen LogP contribution in [-0.2, 0) is 0 Å². The van der Waals surface area contributed by atoms with E-state index in [1.165, 1.54) is 0 Å². The van der Waals surface area contributed by atoms with Gasteiger partial charge in [0.05, 0.1) is 6.42 Å². The molecule has 5 heteroatoms. The molecule has 1 N–H and O–H groups in total. The molecular formula is C14H27F3N2. The molecule has 4 atom stereocenters. The predicted octanol–water partition coefficient (Wildman–Crippen LogP) is 3.43. The van der Waals surface area contributed by atoms with Gasteiger partial charge in [-0.05, 0) is 19.3 Å². The summed E-state index contributed by atoms with van der Waals surface area (Å²) in [6.45, 7) is 9.56. The van der Waals surface area contributed by atoms with Crippen molar-refractivity contribution in [1.29, 1.82) is 0 Å². The van der Waals surface area contributed by atoms with Gasteiger partial charge in [0, 0.05) is 31.2 Å². The van der Waals surface area contributed by atoms with Crippen LogP contribution in [0.1, 0.15) is 47.0 Å². The summed E-state index contributed by atoms with van der Waals surface area (Å²) in [6, 6.07) is 0.0970. The topological polar surface area (TPSA) is 15.3 Å². The maximum atomic E-state index is 12.6. The second-order valence-corrected chi connectivity index (χ2v) is 5.83. The molecule has 0 aromatic rings. The van der Waals surface area contributed by atoms with Crippen molar-refractivity contribution in [2.24, 2.45) is 5.92 Å². The second kappa shape index (κ2) is 6.93. The quantitative estimate of drug-likeness (QED) is 0.830. The SMILES string of the molecule is CCC(C)C1CN(C(C)CC(F)(F)F)C(CC)CN1. The normalized spacial score (nSPS) is 29.2. The largest absolute Gasteiger partial charge is 0.390 e. The van der Waals surface area contributed by atoms with Crippen LogP contribution in [0.4, 0.5) is 13.2 Å². The fourth-order valence-electron chi connectivity index (χ4n) is 2.88. The zero-order valence-corrected chi connectivity index (χ0v) is 12.4. The van der Waals surface area contributed by atoms with E-state index in [0.717, 1.165) is 25.9 Å². The number of nitrogens with one attached hydrogen (secondary N) is 1. The molecule has 1 aliphatic rings. The molecule has 1 aliphatic heterocycles. The Morgan fingerprint density at radius 3 is 2.37 bits per heavy atom. The van der Waals surface area contributed by atoms with Crippen molar-refractivity contribution in [2.45, 2.75) is 71.3 Å². The van der Waals surface area contributed by atoms with Crippen LogP contribution in [0.15, 0.2) is 0 Å². The highest BCUT2D eigenvalue weighted by atomic mass is 19.4. The summed E-state index contributed by atoms with van der Waals surface area (Å²) in [6.07, 6.45) is -2.84. The predicted molar refractivity (Wildman–Crippen MR) is 72.2 cm³/mol. The maximum absolute atomic E-state index is 12.6. The minimum absolute atomic E-state index is 0.220. The molecule has 1 rings (SSSR count). The lowest BCUT2D eigenvalue weighted by Gasteiger charge is -2.45. The molecule has 2 nitrogen and oxygen atoms in total. The van der Waals surface area contributed by atoms with Crippen LogP contribution in [0.3, 0.4) is 0 Å². The van der Waals surface area contributed by atoms with Gasteiger partial charge in [-0.3, -0.25) is 4.90 Å². The van der Waals surface area contributed by atoms with E-state index in [1.54, 1.807) is 6.92 Å². The first kappa shape index (κ1) is 16.8. The van der Waals surface area contributed by atoms with Gasteiger partial charge in [0.2, 0.25) is 0 Å². The number of alkyl halides is 3. The summed E-state index contributed by atoms with van der Waals surface area (Å²) >= 11 is 0. The van der Waals surface area contributed by atoms with Crippen molar-refractivity contribution in [3.63, 3.8) is 0 Å². The van der Waals surface area contributed by atoms with Gasteiger partial charge in [-0.2, -0.15) is 13.2 Å². The van der Waals surface area contributed by atoms with Crippen molar-refractivity contribution in [3.8, 4) is 0 Å². The van der Waals surface area contributed by atoms with Crippen LogP contribution in [-0.4, -0.2) is 42.3 Å². The van der Waals surface area contributed by atoms with Gasteiger partial charge in [0.15, 0.2) is 0 Å². The molecule has 0 radical (unpaired) electrons. The molecule has 1 heterocycles. The lowest BCUT2D eigenvalue weighted by molar-refractivity contribution is -0.149. The molecule has 0 spiro atoms. The zero-order valence-electron chi connectivity index (χ0n) is 12.4. The molecule has 0 aromatic heterocycles. The van der Waals surface area contributed by atoms with E-state index in [2.05, 4.69) is 24.1 Å². The standard InChI is InChI=1S/C14H27F3N2/c1-5-10(3)13-9-19(12(6-2)8-18-13)11(4)7-14(15,16)17/h10-13,18H,5-9H2,1-4H3. The van der Waals surface area contributed by atoms with Gasteiger partial charge in [-0.25, -0.2) is 0 Å². The first-order valence-electron chi connectivity index (χ1n) is 7.34. The Morgan fingerprint density at radius 2 is 1.89 bits per heavy atom. The third-order valence-corrected chi connectivity index (χ3v) is 4.39. The molecular weight excluding hydrogens is 253 g/mol. The summed E-state index contributed by atoms with van der Waals surface area (Å²) in [7, 11) is 0. The lowest BCUT2D eigenvalue weighted by Crippen LogP contribution is -2.60. The van der Waals surface area contributed by atoms with Gasteiger partial charge in [0.1, 0.15) is 0 Å². The van der Waals surface area contributed by atoms with E-state index in [4.69, 9.17) is 0 Å². The maximum Gasteiger partial charge on any atom is 0.390 e. The summed E-state index contributed by atoms with van der Waals surface area (Å²) in [4.78, 5) is 2.06. The molecule has 1 fully saturated rings. The van der Waals surface area contributed by atoms with Crippen molar-refractivity contribution >= 4 is 0 Å². The fraction of sp³-hybridized carbons (Fsp3) is 1.00. The van der Waals surface area contributed by atoms with Crippen LogP contribution in [0.2, 0.25) is 0 Å². The number of piperazine rings is 1. The fourth-order valence-corrected chi connectivity index (χ4v) is 2.88. The Hall–Kier alpha value is -0.290. The van der Waals surface area contributed by atoms with E-state index in [0.29, 0.717) is 12.0 Å². The zero-order chi connectivity index (χ0) is 14.6. The molecule has 0 saturated carbocycles. The van der Waals surface area contributed by atoms with Crippen LogP contribution in [0.25, 0.3) is 0 Å². The third kappa shape index (κ3) is 4.95. The number of halogens is 3.